The Hall–Kier alpha value is -5.05. The Labute approximate surface area is 206 Å². The highest BCUT2D eigenvalue weighted by atomic mass is 16.3. The van der Waals surface area contributed by atoms with Crippen LogP contribution in [0.2, 0.25) is 0 Å². The van der Waals surface area contributed by atoms with Crippen molar-refractivity contribution in [3.63, 3.8) is 0 Å². The maximum Gasteiger partial charge on any atom is 0.272 e. The molecule has 1 heterocycles. The minimum atomic E-state index is -1.28. The van der Waals surface area contributed by atoms with Crippen LogP contribution < -0.4 is 16.3 Å². The van der Waals surface area contributed by atoms with Crippen LogP contribution in [-0.2, 0) is 11.2 Å². The molecule has 1 atom stereocenters. The molecule has 1 unspecified atom stereocenters. The van der Waals surface area contributed by atoms with Crippen LogP contribution in [0, 0.1) is 0 Å². The number of phenolic OH excluding ortho intramolecular Hbond substituents is 1. The minimum Gasteiger partial charge on any atom is -0.507 e. The zero-order valence-corrected chi connectivity index (χ0v) is 19.1. The first kappa shape index (κ1) is 24.1. The molecule has 0 aliphatic rings. The fourth-order valence-corrected chi connectivity index (χ4v) is 3.68. The fraction of sp³-hybridized carbons (Fsp3) is 0.0741. The van der Waals surface area contributed by atoms with Gasteiger partial charge in [-0.05, 0) is 36.2 Å². The number of hydrogen-bond donors (Lipinski definition) is 4. The third-order valence-electron chi connectivity index (χ3n) is 5.47. The lowest BCUT2D eigenvalue weighted by atomic mass is 10.0. The molecule has 0 saturated carbocycles. The molecule has 0 radical (unpaired) electrons. The summed E-state index contributed by atoms with van der Waals surface area (Å²) in [7, 11) is 0. The van der Waals surface area contributed by atoms with E-state index in [1.165, 1.54) is 6.21 Å². The third-order valence-corrected chi connectivity index (χ3v) is 5.47. The van der Waals surface area contributed by atoms with Gasteiger partial charge in [-0.3, -0.25) is 14.4 Å². The molecule has 0 bridgehead atoms. The number of para-hydroxylation sites is 1. The second-order valence-corrected chi connectivity index (χ2v) is 7.84. The number of H-pyrrole nitrogens is 1. The number of amides is 2. The van der Waals surface area contributed by atoms with Gasteiger partial charge in [-0.15, -0.1) is 6.58 Å². The van der Waals surface area contributed by atoms with E-state index in [-0.39, 0.29) is 11.4 Å². The standard InChI is InChI=1S/C27H23N5O4/c1-2-9-17-12-8-13-19(24(17)33)16-28-31-27(36)23(29-25(34)18-10-4-3-5-11-18)22-20-14-6-7-15-21(20)26(35)32-30-22/h2-8,10-16,23,33H,1,9H2,(H,29,34)(H,31,36)(H,32,35). The molecule has 0 aliphatic carbocycles. The molecular formula is C27H23N5O4. The van der Waals surface area contributed by atoms with Crippen LogP contribution in [0.15, 0.2) is 95.3 Å². The summed E-state index contributed by atoms with van der Waals surface area (Å²) in [5, 5.41) is 24.2. The zero-order valence-electron chi connectivity index (χ0n) is 19.1. The number of aromatic nitrogens is 2. The van der Waals surface area contributed by atoms with E-state index >= 15 is 0 Å². The molecule has 9 heteroatoms. The van der Waals surface area contributed by atoms with Crippen molar-refractivity contribution < 1.29 is 14.7 Å². The van der Waals surface area contributed by atoms with Gasteiger partial charge in [0.15, 0.2) is 6.04 Å². The average molecular weight is 482 g/mol. The van der Waals surface area contributed by atoms with E-state index in [0.29, 0.717) is 33.9 Å². The molecular weight excluding hydrogens is 458 g/mol. The van der Waals surface area contributed by atoms with E-state index in [1.807, 2.05) is 0 Å². The Morgan fingerprint density at radius 2 is 1.75 bits per heavy atom. The van der Waals surface area contributed by atoms with Gasteiger partial charge in [-0.25, -0.2) is 10.5 Å². The summed E-state index contributed by atoms with van der Waals surface area (Å²) in [4.78, 5) is 38.4. The van der Waals surface area contributed by atoms with Crippen LogP contribution in [0.4, 0.5) is 0 Å². The molecule has 0 aliphatic heterocycles. The Bertz CT molecular complexity index is 1510. The van der Waals surface area contributed by atoms with E-state index in [2.05, 4.69) is 32.6 Å². The van der Waals surface area contributed by atoms with Gasteiger partial charge in [0.1, 0.15) is 11.4 Å². The maximum atomic E-state index is 13.2. The number of rotatable bonds is 8. The van der Waals surface area contributed by atoms with Crippen molar-refractivity contribution in [3.8, 4) is 5.75 Å². The van der Waals surface area contributed by atoms with Crippen molar-refractivity contribution in [1.29, 1.82) is 0 Å². The number of nitrogens with zero attached hydrogens (tertiary/aromatic N) is 2. The van der Waals surface area contributed by atoms with Crippen molar-refractivity contribution in [2.75, 3.05) is 0 Å². The van der Waals surface area contributed by atoms with Crippen LogP contribution in [0.25, 0.3) is 10.8 Å². The number of hydrazone groups is 1. The number of hydrogen-bond acceptors (Lipinski definition) is 6. The number of aromatic amines is 1. The van der Waals surface area contributed by atoms with Crippen LogP contribution in [0.3, 0.4) is 0 Å². The van der Waals surface area contributed by atoms with Gasteiger partial charge in [0.05, 0.1) is 11.6 Å². The van der Waals surface area contributed by atoms with Crippen LogP contribution in [0.5, 0.6) is 5.75 Å². The number of allylic oxidation sites excluding steroid dienone is 1. The number of phenols is 1. The molecule has 9 nitrogen and oxygen atoms in total. The summed E-state index contributed by atoms with van der Waals surface area (Å²) < 4.78 is 0. The van der Waals surface area contributed by atoms with Gasteiger partial charge < -0.3 is 10.4 Å². The number of fused-ring (bicyclic) bond motifs is 1. The molecule has 0 saturated heterocycles. The number of nitrogens with one attached hydrogen (secondary N) is 3. The number of carbonyl (C=O) groups is 2. The van der Waals surface area contributed by atoms with Crippen molar-refractivity contribution in [2.24, 2.45) is 5.10 Å². The van der Waals surface area contributed by atoms with E-state index in [1.54, 1.807) is 78.9 Å². The number of benzene rings is 3. The molecule has 0 spiro atoms. The zero-order chi connectivity index (χ0) is 25.5. The van der Waals surface area contributed by atoms with Gasteiger partial charge in [-0.2, -0.15) is 10.2 Å². The first-order chi connectivity index (χ1) is 17.5. The lowest BCUT2D eigenvalue weighted by Crippen LogP contribution is -2.40. The molecule has 2 amide bonds. The Kier molecular flexibility index (Phi) is 7.30. The largest absolute Gasteiger partial charge is 0.507 e. The predicted molar refractivity (Wildman–Crippen MR) is 137 cm³/mol. The molecule has 4 N–H and O–H groups in total. The van der Waals surface area contributed by atoms with Gasteiger partial charge in [-0.1, -0.05) is 54.6 Å². The Morgan fingerprint density at radius 1 is 1.03 bits per heavy atom. The molecule has 180 valence electrons. The highest BCUT2D eigenvalue weighted by Crippen LogP contribution is 2.22. The van der Waals surface area contributed by atoms with Crippen molar-refractivity contribution in [2.45, 2.75) is 12.5 Å². The topological polar surface area (TPSA) is 137 Å². The monoisotopic (exact) mass is 481 g/mol. The summed E-state index contributed by atoms with van der Waals surface area (Å²) in [6, 6.07) is 18.9. The SMILES string of the molecule is C=CCc1cccc(C=NNC(=O)C(NC(=O)c2ccccc2)c2n[nH]c(=O)c3ccccc23)c1O. The first-order valence-electron chi connectivity index (χ1n) is 11.1. The molecule has 4 rings (SSSR count). The van der Waals surface area contributed by atoms with E-state index < -0.39 is 23.4 Å². The third kappa shape index (κ3) is 5.20. The summed E-state index contributed by atoms with van der Waals surface area (Å²) in [5.41, 5.74) is 3.53. The van der Waals surface area contributed by atoms with Crippen LogP contribution >= 0.6 is 0 Å². The highest BCUT2D eigenvalue weighted by molar-refractivity contribution is 5.99. The Morgan fingerprint density at radius 3 is 2.50 bits per heavy atom. The molecule has 0 fully saturated rings. The normalized spacial score (nSPS) is 11.8. The van der Waals surface area contributed by atoms with Crippen LogP contribution in [-0.4, -0.2) is 33.3 Å². The van der Waals surface area contributed by atoms with E-state index in [0.717, 1.165) is 0 Å². The van der Waals surface area contributed by atoms with Gasteiger partial charge >= 0.3 is 0 Å². The summed E-state index contributed by atoms with van der Waals surface area (Å²) in [6.07, 6.45) is 3.44. The first-order valence-corrected chi connectivity index (χ1v) is 11.1. The predicted octanol–water partition coefficient (Wildman–Crippen LogP) is 2.98. The lowest BCUT2D eigenvalue weighted by Gasteiger charge is -2.18. The highest BCUT2D eigenvalue weighted by Gasteiger charge is 2.27. The van der Waals surface area contributed by atoms with E-state index in [4.69, 9.17) is 0 Å². The second kappa shape index (κ2) is 10.9. The summed E-state index contributed by atoms with van der Waals surface area (Å²) in [5.74, 6) is -1.17. The lowest BCUT2D eigenvalue weighted by molar-refractivity contribution is -0.123. The van der Waals surface area contributed by atoms with Gasteiger partial charge in [0.2, 0.25) is 0 Å². The van der Waals surface area contributed by atoms with Crippen molar-refractivity contribution in [3.05, 3.63) is 118 Å². The van der Waals surface area contributed by atoms with Gasteiger partial charge in [0.25, 0.3) is 17.4 Å². The summed E-state index contributed by atoms with van der Waals surface area (Å²) >= 11 is 0. The quantitative estimate of drug-likeness (QED) is 0.174. The molecule has 4 aromatic rings. The average Bonchev–Trinajstić information content (AvgIpc) is 2.90. The van der Waals surface area contributed by atoms with E-state index in [9.17, 15) is 19.5 Å². The molecule has 1 aromatic heterocycles. The second-order valence-electron chi connectivity index (χ2n) is 7.84. The van der Waals surface area contributed by atoms with Crippen LogP contribution in [0.1, 0.15) is 33.2 Å². The fourth-order valence-electron chi connectivity index (χ4n) is 3.68. The molecule has 3 aromatic carbocycles. The maximum absolute atomic E-state index is 13.2. The number of aromatic hydroxyl groups is 1. The Balaban J connectivity index is 1.66. The van der Waals surface area contributed by atoms with Crippen molar-refractivity contribution in [1.82, 2.24) is 20.9 Å². The smallest absolute Gasteiger partial charge is 0.272 e. The van der Waals surface area contributed by atoms with Crippen molar-refractivity contribution >= 4 is 28.8 Å². The minimum absolute atomic E-state index is 0.0256. The summed E-state index contributed by atoms with van der Waals surface area (Å²) in [6.45, 7) is 3.67. The van der Waals surface area contributed by atoms with Gasteiger partial charge in [0, 0.05) is 16.5 Å². The number of carbonyl (C=O) groups excluding carboxylic acids is 2. The molecule has 36 heavy (non-hydrogen) atoms.